The van der Waals surface area contributed by atoms with Gasteiger partial charge in [-0.15, -0.1) is 11.8 Å². The number of halogens is 1. The maximum Gasteiger partial charge on any atom is 0.337 e. The fourth-order valence-corrected chi connectivity index (χ4v) is 3.39. The Morgan fingerprint density at radius 1 is 1.11 bits per heavy atom. The van der Waals surface area contributed by atoms with E-state index in [2.05, 4.69) is 0 Å². The molecule has 1 N–H and O–H groups in total. The zero-order chi connectivity index (χ0) is 13.8. The molecule has 0 radical (unpaired) electrons. The van der Waals surface area contributed by atoms with Crippen molar-refractivity contribution in [2.45, 2.75) is 14.7 Å². The molecule has 19 heavy (non-hydrogen) atoms. The van der Waals surface area contributed by atoms with Gasteiger partial charge in [0.2, 0.25) is 0 Å². The van der Waals surface area contributed by atoms with Crippen molar-refractivity contribution in [2.24, 2.45) is 0 Å². The SMILES string of the molecule is CSc1cccc(Sc2ccc(Cl)cc2)c1C(=O)O. The number of hydrogen-bond acceptors (Lipinski definition) is 3. The lowest BCUT2D eigenvalue weighted by atomic mass is 10.2. The number of carbonyl (C=O) groups is 1. The zero-order valence-electron chi connectivity index (χ0n) is 10.1. The summed E-state index contributed by atoms with van der Waals surface area (Å²) in [4.78, 5) is 13.9. The minimum absolute atomic E-state index is 0.356. The third-order valence-corrected chi connectivity index (χ3v) is 4.56. The molecule has 0 amide bonds. The van der Waals surface area contributed by atoms with E-state index in [1.54, 1.807) is 12.1 Å². The molecule has 0 aromatic heterocycles. The third-order valence-electron chi connectivity index (χ3n) is 2.46. The molecule has 2 nitrogen and oxygen atoms in total. The van der Waals surface area contributed by atoms with Crippen LogP contribution in [-0.4, -0.2) is 17.3 Å². The van der Waals surface area contributed by atoms with Crippen LogP contribution in [0.15, 0.2) is 57.2 Å². The van der Waals surface area contributed by atoms with E-state index in [-0.39, 0.29) is 0 Å². The minimum Gasteiger partial charge on any atom is -0.478 e. The van der Waals surface area contributed by atoms with Crippen LogP contribution in [-0.2, 0) is 0 Å². The van der Waals surface area contributed by atoms with Gasteiger partial charge < -0.3 is 5.11 Å². The highest BCUT2D eigenvalue weighted by molar-refractivity contribution is 8.00. The van der Waals surface area contributed by atoms with Crippen molar-refractivity contribution in [3.05, 3.63) is 53.1 Å². The summed E-state index contributed by atoms with van der Waals surface area (Å²) in [5.74, 6) is -0.901. The summed E-state index contributed by atoms with van der Waals surface area (Å²) >= 11 is 8.70. The molecule has 5 heteroatoms. The number of carboxylic acid groups (broad SMARTS) is 1. The van der Waals surface area contributed by atoms with Crippen LogP contribution in [0.2, 0.25) is 5.02 Å². The highest BCUT2D eigenvalue weighted by Gasteiger charge is 2.15. The van der Waals surface area contributed by atoms with E-state index < -0.39 is 5.97 Å². The molecule has 98 valence electrons. The number of benzene rings is 2. The summed E-state index contributed by atoms with van der Waals surface area (Å²) < 4.78 is 0. The van der Waals surface area contributed by atoms with Gasteiger partial charge in [0.05, 0.1) is 5.56 Å². The molecule has 0 spiro atoms. The summed E-state index contributed by atoms with van der Waals surface area (Å²) in [6, 6.07) is 12.9. The first-order valence-electron chi connectivity index (χ1n) is 5.45. The molecule has 0 bridgehead atoms. The maximum atomic E-state index is 11.4. The number of thioether (sulfide) groups is 1. The van der Waals surface area contributed by atoms with Crippen LogP contribution in [0.3, 0.4) is 0 Å². The Labute approximate surface area is 125 Å². The molecule has 0 fully saturated rings. The van der Waals surface area contributed by atoms with Crippen molar-refractivity contribution in [3.63, 3.8) is 0 Å². The van der Waals surface area contributed by atoms with E-state index in [4.69, 9.17) is 11.6 Å². The molecule has 0 unspecified atom stereocenters. The largest absolute Gasteiger partial charge is 0.478 e. The second-order valence-electron chi connectivity index (χ2n) is 3.69. The van der Waals surface area contributed by atoms with Crippen molar-refractivity contribution < 1.29 is 9.90 Å². The van der Waals surface area contributed by atoms with Gasteiger partial charge in [0.1, 0.15) is 0 Å². The average Bonchev–Trinajstić information content (AvgIpc) is 2.40. The molecule has 0 aliphatic heterocycles. The van der Waals surface area contributed by atoms with Crippen LogP contribution in [0.25, 0.3) is 0 Å². The third kappa shape index (κ3) is 3.47. The van der Waals surface area contributed by atoms with Gasteiger partial charge >= 0.3 is 5.97 Å². The smallest absolute Gasteiger partial charge is 0.337 e. The second kappa shape index (κ2) is 6.37. The van der Waals surface area contributed by atoms with Crippen molar-refractivity contribution in [1.29, 1.82) is 0 Å². The van der Waals surface area contributed by atoms with Crippen molar-refractivity contribution in [3.8, 4) is 0 Å². The lowest BCUT2D eigenvalue weighted by Gasteiger charge is -2.09. The maximum absolute atomic E-state index is 11.4. The van der Waals surface area contributed by atoms with Gasteiger partial charge in [0.15, 0.2) is 0 Å². The van der Waals surface area contributed by atoms with E-state index in [0.717, 1.165) is 14.7 Å². The van der Waals surface area contributed by atoms with Gasteiger partial charge in [-0.05, 0) is 42.7 Å². The summed E-state index contributed by atoms with van der Waals surface area (Å²) in [7, 11) is 0. The summed E-state index contributed by atoms with van der Waals surface area (Å²) in [5.41, 5.74) is 0.356. The standard InChI is InChI=1S/C14H11ClO2S2/c1-18-11-3-2-4-12(13(11)14(16)17)19-10-7-5-9(15)6-8-10/h2-8H,1H3,(H,16,17). The molecule has 2 aromatic carbocycles. The molecule has 2 rings (SSSR count). The van der Waals surface area contributed by atoms with E-state index in [0.29, 0.717) is 10.6 Å². The Bertz CT molecular complexity index is 597. The van der Waals surface area contributed by atoms with Crippen LogP contribution >= 0.6 is 35.1 Å². The number of rotatable bonds is 4. The predicted octanol–water partition coefficient (Wildman–Crippen LogP) is 4.91. The van der Waals surface area contributed by atoms with Crippen LogP contribution in [0.4, 0.5) is 0 Å². The van der Waals surface area contributed by atoms with Crippen LogP contribution in [0.5, 0.6) is 0 Å². The Kier molecular flexibility index (Phi) is 4.80. The lowest BCUT2D eigenvalue weighted by molar-refractivity contribution is 0.0689. The van der Waals surface area contributed by atoms with Gasteiger partial charge in [0.25, 0.3) is 0 Å². The normalized spacial score (nSPS) is 10.4. The number of hydrogen-bond donors (Lipinski definition) is 1. The van der Waals surface area contributed by atoms with Gasteiger partial charge in [0, 0.05) is 19.7 Å². The van der Waals surface area contributed by atoms with Crippen LogP contribution in [0, 0.1) is 0 Å². The molecule has 0 saturated heterocycles. The molecule has 0 heterocycles. The van der Waals surface area contributed by atoms with Gasteiger partial charge in [-0.25, -0.2) is 4.79 Å². The topological polar surface area (TPSA) is 37.3 Å². The predicted molar refractivity (Wildman–Crippen MR) is 80.8 cm³/mol. The van der Waals surface area contributed by atoms with Crippen LogP contribution in [0.1, 0.15) is 10.4 Å². The van der Waals surface area contributed by atoms with E-state index in [9.17, 15) is 9.90 Å². The first-order chi connectivity index (χ1) is 9.11. The van der Waals surface area contributed by atoms with E-state index in [1.165, 1.54) is 23.5 Å². The molecule has 0 aliphatic carbocycles. The van der Waals surface area contributed by atoms with Crippen molar-refractivity contribution in [2.75, 3.05) is 6.26 Å². The summed E-state index contributed by atoms with van der Waals surface area (Å²) in [5, 5.41) is 10.0. The lowest BCUT2D eigenvalue weighted by Crippen LogP contribution is -2.01. The Hall–Kier alpha value is -1.10. The number of aromatic carboxylic acids is 1. The van der Waals surface area contributed by atoms with Gasteiger partial charge in [-0.1, -0.05) is 29.4 Å². The van der Waals surface area contributed by atoms with Gasteiger partial charge in [-0.3, -0.25) is 0 Å². The highest BCUT2D eigenvalue weighted by atomic mass is 35.5. The fourth-order valence-electron chi connectivity index (χ4n) is 1.61. The highest BCUT2D eigenvalue weighted by Crippen LogP contribution is 2.35. The van der Waals surface area contributed by atoms with Gasteiger partial charge in [-0.2, -0.15) is 0 Å². The zero-order valence-corrected chi connectivity index (χ0v) is 12.5. The Morgan fingerprint density at radius 3 is 2.32 bits per heavy atom. The first-order valence-corrected chi connectivity index (χ1v) is 7.87. The first kappa shape index (κ1) is 14.3. The molecule has 2 aromatic rings. The molecular weight excluding hydrogens is 300 g/mol. The van der Waals surface area contributed by atoms with E-state index in [1.807, 2.05) is 36.6 Å². The molecule has 0 atom stereocenters. The summed E-state index contributed by atoms with van der Waals surface area (Å²) in [6.07, 6.45) is 1.87. The monoisotopic (exact) mass is 310 g/mol. The Morgan fingerprint density at radius 2 is 1.74 bits per heavy atom. The second-order valence-corrected chi connectivity index (χ2v) is 6.09. The molecule has 0 saturated carbocycles. The molecular formula is C14H11ClO2S2. The fraction of sp³-hybridized carbons (Fsp3) is 0.0714. The average molecular weight is 311 g/mol. The van der Waals surface area contributed by atoms with Crippen molar-refractivity contribution in [1.82, 2.24) is 0 Å². The van der Waals surface area contributed by atoms with Crippen molar-refractivity contribution >= 4 is 41.1 Å². The minimum atomic E-state index is -0.901. The Balaban J connectivity index is 2.39. The molecule has 0 aliphatic rings. The quantitative estimate of drug-likeness (QED) is 0.814. The van der Waals surface area contributed by atoms with E-state index >= 15 is 0 Å². The van der Waals surface area contributed by atoms with Crippen LogP contribution < -0.4 is 0 Å². The summed E-state index contributed by atoms with van der Waals surface area (Å²) in [6.45, 7) is 0. The number of carboxylic acids is 1.